The van der Waals surface area contributed by atoms with Crippen molar-refractivity contribution in [2.24, 2.45) is 0 Å². The van der Waals surface area contributed by atoms with E-state index in [1.807, 2.05) is 6.07 Å². The molecule has 3 N–H and O–H groups in total. The van der Waals surface area contributed by atoms with Crippen LogP contribution in [0.2, 0.25) is 0 Å². The van der Waals surface area contributed by atoms with Crippen LogP contribution in [0.25, 0.3) is 0 Å². The molecule has 0 aliphatic heterocycles. The predicted octanol–water partition coefficient (Wildman–Crippen LogP) is 1.20. The van der Waals surface area contributed by atoms with Crippen molar-refractivity contribution in [3.63, 3.8) is 0 Å². The van der Waals surface area contributed by atoms with Crippen LogP contribution in [0.4, 0.5) is 11.6 Å². The maximum atomic E-state index is 5.45. The minimum Gasteiger partial charge on any atom is -0.382 e. The molecule has 0 aromatic carbocycles. The predicted molar refractivity (Wildman–Crippen MR) is 67.3 cm³/mol. The second kappa shape index (κ2) is 7.00. The summed E-state index contributed by atoms with van der Waals surface area (Å²) >= 11 is 0. The summed E-state index contributed by atoms with van der Waals surface area (Å²) in [6.45, 7) is 8.61. The standard InChI is InChI=1S/C11H21N5/c1-3-16(4-2)9-5-8-13-11-7-6-10(12)14-15-11/h6-7H,3-5,8-9H2,1-2H3,(H2,12,14)(H,13,15). The topological polar surface area (TPSA) is 67.1 Å². The van der Waals surface area contributed by atoms with Crippen LogP contribution in [0.1, 0.15) is 20.3 Å². The average Bonchev–Trinajstić information content (AvgIpc) is 2.32. The van der Waals surface area contributed by atoms with Crippen molar-refractivity contribution in [3.8, 4) is 0 Å². The third-order valence-electron chi connectivity index (χ3n) is 2.54. The van der Waals surface area contributed by atoms with Crippen molar-refractivity contribution in [2.45, 2.75) is 20.3 Å². The molecule has 1 heterocycles. The molecule has 0 radical (unpaired) electrons. The molecule has 5 nitrogen and oxygen atoms in total. The maximum Gasteiger partial charge on any atom is 0.148 e. The van der Waals surface area contributed by atoms with Crippen molar-refractivity contribution < 1.29 is 0 Å². The lowest BCUT2D eigenvalue weighted by Gasteiger charge is -2.17. The molecule has 16 heavy (non-hydrogen) atoms. The highest BCUT2D eigenvalue weighted by atomic mass is 15.2. The third kappa shape index (κ3) is 4.44. The lowest BCUT2D eigenvalue weighted by molar-refractivity contribution is 0.303. The van der Waals surface area contributed by atoms with E-state index in [9.17, 15) is 0 Å². The SMILES string of the molecule is CCN(CC)CCCNc1ccc(N)nn1. The molecule has 90 valence electrons. The Morgan fingerprint density at radius 3 is 2.56 bits per heavy atom. The van der Waals surface area contributed by atoms with E-state index in [1.54, 1.807) is 6.07 Å². The zero-order valence-corrected chi connectivity index (χ0v) is 10.1. The van der Waals surface area contributed by atoms with Crippen LogP contribution < -0.4 is 11.1 Å². The normalized spacial score (nSPS) is 10.7. The van der Waals surface area contributed by atoms with Crippen LogP contribution in [-0.2, 0) is 0 Å². The van der Waals surface area contributed by atoms with Crippen molar-refractivity contribution >= 4 is 11.6 Å². The van der Waals surface area contributed by atoms with Gasteiger partial charge < -0.3 is 16.0 Å². The number of nitrogens with two attached hydrogens (primary N) is 1. The Hall–Kier alpha value is -1.36. The summed E-state index contributed by atoms with van der Waals surface area (Å²) in [7, 11) is 0. The minimum absolute atomic E-state index is 0.452. The van der Waals surface area contributed by atoms with Gasteiger partial charge in [0.05, 0.1) is 0 Å². The Kier molecular flexibility index (Phi) is 5.56. The summed E-state index contributed by atoms with van der Waals surface area (Å²) in [6, 6.07) is 3.60. The van der Waals surface area contributed by atoms with Crippen LogP contribution in [0.15, 0.2) is 12.1 Å². The summed E-state index contributed by atoms with van der Waals surface area (Å²) in [6.07, 6.45) is 1.10. The Morgan fingerprint density at radius 1 is 1.25 bits per heavy atom. The van der Waals surface area contributed by atoms with Crippen LogP contribution in [-0.4, -0.2) is 41.3 Å². The molecule has 0 amide bonds. The quantitative estimate of drug-likeness (QED) is 0.680. The van der Waals surface area contributed by atoms with Crippen LogP contribution in [0.3, 0.4) is 0 Å². The lowest BCUT2D eigenvalue weighted by Crippen LogP contribution is -2.25. The smallest absolute Gasteiger partial charge is 0.148 e. The van der Waals surface area contributed by atoms with E-state index in [4.69, 9.17) is 5.73 Å². The lowest BCUT2D eigenvalue weighted by atomic mass is 10.3. The van der Waals surface area contributed by atoms with Gasteiger partial charge in [0, 0.05) is 6.54 Å². The molecule has 0 saturated carbocycles. The minimum atomic E-state index is 0.452. The van der Waals surface area contributed by atoms with E-state index < -0.39 is 0 Å². The van der Waals surface area contributed by atoms with Crippen LogP contribution in [0, 0.1) is 0 Å². The second-order valence-corrected chi connectivity index (χ2v) is 3.65. The zero-order valence-electron chi connectivity index (χ0n) is 10.1. The van der Waals surface area contributed by atoms with Gasteiger partial charge in [0.15, 0.2) is 0 Å². The van der Waals surface area contributed by atoms with E-state index in [0.29, 0.717) is 5.82 Å². The van der Waals surface area contributed by atoms with E-state index in [-0.39, 0.29) is 0 Å². The van der Waals surface area contributed by atoms with Gasteiger partial charge in [-0.05, 0) is 38.2 Å². The summed E-state index contributed by atoms with van der Waals surface area (Å²) in [5.74, 6) is 1.24. The number of nitrogens with one attached hydrogen (secondary N) is 1. The van der Waals surface area contributed by atoms with Gasteiger partial charge in [-0.3, -0.25) is 0 Å². The number of nitrogens with zero attached hydrogens (tertiary/aromatic N) is 3. The third-order valence-corrected chi connectivity index (χ3v) is 2.54. The van der Waals surface area contributed by atoms with Crippen molar-refractivity contribution in [1.29, 1.82) is 0 Å². The Labute approximate surface area is 97.0 Å². The Bertz CT molecular complexity index is 281. The van der Waals surface area contributed by atoms with E-state index in [1.165, 1.54) is 0 Å². The molecule has 0 aliphatic carbocycles. The fourth-order valence-corrected chi connectivity index (χ4v) is 1.50. The Morgan fingerprint density at radius 2 is 2.00 bits per heavy atom. The van der Waals surface area contributed by atoms with Gasteiger partial charge in [0.25, 0.3) is 0 Å². The monoisotopic (exact) mass is 223 g/mol. The highest BCUT2D eigenvalue weighted by Crippen LogP contribution is 2.02. The molecule has 5 heteroatoms. The van der Waals surface area contributed by atoms with E-state index in [2.05, 4.69) is 34.3 Å². The van der Waals surface area contributed by atoms with Gasteiger partial charge in [0.1, 0.15) is 11.6 Å². The molecule has 0 spiro atoms. The molecular weight excluding hydrogens is 202 g/mol. The van der Waals surface area contributed by atoms with E-state index >= 15 is 0 Å². The second-order valence-electron chi connectivity index (χ2n) is 3.65. The maximum absolute atomic E-state index is 5.45. The van der Waals surface area contributed by atoms with Gasteiger partial charge in [0.2, 0.25) is 0 Å². The van der Waals surface area contributed by atoms with Gasteiger partial charge in [-0.1, -0.05) is 13.8 Å². The number of rotatable bonds is 7. The fourth-order valence-electron chi connectivity index (χ4n) is 1.50. The molecule has 1 aromatic heterocycles. The number of nitrogen functional groups attached to an aromatic ring is 1. The number of aromatic nitrogens is 2. The van der Waals surface area contributed by atoms with Crippen LogP contribution in [0.5, 0.6) is 0 Å². The molecule has 0 fully saturated rings. The first-order valence-corrected chi connectivity index (χ1v) is 5.81. The number of hydrogen-bond acceptors (Lipinski definition) is 5. The summed E-state index contributed by atoms with van der Waals surface area (Å²) in [5, 5.41) is 10.9. The molecule has 0 saturated heterocycles. The van der Waals surface area contributed by atoms with Crippen molar-refractivity contribution in [2.75, 3.05) is 37.2 Å². The van der Waals surface area contributed by atoms with E-state index in [0.717, 1.165) is 38.4 Å². The highest BCUT2D eigenvalue weighted by Gasteiger charge is 1.98. The van der Waals surface area contributed by atoms with Crippen molar-refractivity contribution in [1.82, 2.24) is 15.1 Å². The van der Waals surface area contributed by atoms with Crippen molar-refractivity contribution in [3.05, 3.63) is 12.1 Å². The van der Waals surface area contributed by atoms with Gasteiger partial charge in [-0.2, -0.15) is 0 Å². The fraction of sp³-hybridized carbons (Fsp3) is 0.636. The zero-order chi connectivity index (χ0) is 11.8. The molecule has 0 aliphatic rings. The highest BCUT2D eigenvalue weighted by molar-refractivity contribution is 5.38. The molecule has 1 rings (SSSR count). The summed E-state index contributed by atoms with van der Waals surface area (Å²) in [4.78, 5) is 2.40. The van der Waals surface area contributed by atoms with Crippen LogP contribution >= 0.6 is 0 Å². The Balaban J connectivity index is 2.18. The number of hydrogen-bond donors (Lipinski definition) is 2. The number of anilines is 2. The average molecular weight is 223 g/mol. The summed E-state index contributed by atoms with van der Waals surface area (Å²) in [5.41, 5.74) is 5.45. The van der Waals surface area contributed by atoms with Gasteiger partial charge >= 0.3 is 0 Å². The van der Waals surface area contributed by atoms with Gasteiger partial charge in [-0.15, -0.1) is 10.2 Å². The molecule has 0 atom stereocenters. The van der Waals surface area contributed by atoms with Gasteiger partial charge in [-0.25, -0.2) is 0 Å². The summed E-state index contributed by atoms with van der Waals surface area (Å²) < 4.78 is 0. The molecule has 1 aromatic rings. The molecule has 0 unspecified atom stereocenters. The first-order chi connectivity index (χ1) is 7.76. The molecular formula is C11H21N5. The first-order valence-electron chi connectivity index (χ1n) is 5.81. The molecule has 0 bridgehead atoms. The largest absolute Gasteiger partial charge is 0.382 e. The first kappa shape index (κ1) is 12.7.